The second kappa shape index (κ2) is 42.4. The van der Waals surface area contributed by atoms with Gasteiger partial charge >= 0.3 is 0 Å². The van der Waals surface area contributed by atoms with Gasteiger partial charge in [-0.1, -0.05) is 20.9 Å². The molecule has 0 radical (unpaired) electrons. The van der Waals surface area contributed by atoms with E-state index in [0.717, 1.165) is 0 Å². The van der Waals surface area contributed by atoms with Crippen molar-refractivity contribution in [1.29, 1.82) is 0 Å². The van der Waals surface area contributed by atoms with Gasteiger partial charge in [-0.25, -0.2) is 18.7 Å². The first kappa shape index (κ1) is 81.9. The number of rotatable bonds is 48. The molecule has 101 heavy (non-hydrogen) atoms. The van der Waals surface area contributed by atoms with Crippen molar-refractivity contribution in [1.82, 2.24) is 60.0 Å². The molecule has 0 bridgehead atoms. The fraction of sp³-hybridized carbons (Fsp3) is 0.860. The van der Waals surface area contributed by atoms with Crippen LogP contribution < -0.4 is 0 Å². The highest BCUT2D eigenvalue weighted by atomic mass is 16.7. The average Bonchev–Trinajstić information content (AvgIpc) is 1.09. The standard InChI is InChI=1S/C57H96N12O32/c70-21-37-41(74)45(78)49(82)53(98-37)94-25-33-17-66(62-58-33)1-5-86-9-13-90-29-57(30-91-14-10-87-6-2-67-18-34(59-63-67)26-95-54-50(83)46(79)42(75)38(22-71)99-54,31-92-15-11-88-7-3-68-19-35(60-64-68)27-96-55-51(84)47(80)43(76)39(23-72)100-55)32-93-16-12-89-8-4-69-20-36(61-65-69)28-97-56-52(85)48(81)44(77)40(24-73)101-56/h17-20,37-56,70-85H,1-16,21-32H2/t37-,38-,39-,40-,41-,42-,43-,44-,45+,46+,47+,48+,49+,50+,51+,52+,53+,54+,55+,56+/m1/s1. The molecule has 576 valence electrons. The third kappa shape index (κ3) is 24.7. The first-order valence-corrected chi connectivity index (χ1v) is 32.7. The highest BCUT2D eigenvalue weighted by molar-refractivity contribution is 4.97. The summed E-state index contributed by atoms with van der Waals surface area (Å²) in [7, 11) is 0. The SMILES string of the molecule is OC[C@H]1O[C@H](OCc2cn(CCOCCOCC(COCCOCCn3cc(CO[C@H]4O[C@H](CO)[C@@H](O)[C@H](O)[C@@H]4O)nn3)(COCCOCCn3cc(CO[C@H]4O[C@H](CO)[C@@H](O)[C@H](O)[C@@H]4O)nn3)COCCOCCn3cc(CO[C@H]4O[C@H](CO)[C@@H](O)[C@H](O)[C@@H]4O)nn3)nn2)[C@@H](O)[C@@H](O)[C@@H]1O. The van der Waals surface area contributed by atoms with Gasteiger partial charge in [-0.2, -0.15) is 0 Å². The van der Waals surface area contributed by atoms with Gasteiger partial charge in [-0.05, 0) is 0 Å². The second-order valence-electron chi connectivity index (χ2n) is 24.1. The molecule has 8 heterocycles. The van der Waals surface area contributed by atoms with Crippen LogP contribution in [0.4, 0.5) is 0 Å². The van der Waals surface area contributed by atoms with Crippen LogP contribution in [0.15, 0.2) is 24.8 Å². The third-order valence-corrected chi connectivity index (χ3v) is 16.3. The van der Waals surface area contributed by atoms with Gasteiger partial charge < -0.3 is 157 Å². The van der Waals surface area contributed by atoms with E-state index in [4.69, 9.17) is 75.8 Å². The monoisotopic (exact) mass is 1460 g/mol. The number of nitrogens with zero attached hydrogens (tertiary/aromatic N) is 12. The van der Waals surface area contributed by atoms with Gasteiger partial charge in [0.25, 0.3) is 0 Å². The average molecular weight is 1460 g/mol. The molecule has 44 heteroatoms. The van der Waals surface area contributed by atoms with E-state index in [1.165, 1.54) is 18.7 Å². The van der Waals surface area contributed by atoms with Crippen molar-refractivity contribution in [2.45, 2.75) is 175 Å². The third-order valence-electron chi connectivity index (χ3n) is 16.3. The maximum absolute atomic E-state index is 10.3. The minimum atomic E-state index is -1.61. The zero-order valence-electron chi connectivity index (χ0n) is 55.2. The highest BCUT2D eigenvalue weighted by Gasteiger charge is 2.48. The quantitative estimate of drug-likeness (QED) is 0.0183. The lowest BCUT2D eigenvalue weighted by molar-refractivity contribution is -0.304. The summed E-state index contributed by atoms with van der Waals surface area (Å²) in [5.41, 5.74) is 0.458. The van der Waals surface area contributed by atoms with Crippen LogP contribution in [-0.2, 0) is 128 Å². The van der Waals surface area contributed by atoms with Crippen molar-refractivity contribution in [2.75, 3.05) is 132 Å². The lowest BCUT2D eigenvalue weighted by atomic mass is 9.92. The van der Waals surface area contributed by atoms with Crippen LogP contribution in [0.2, 0.25) is 0 Å². The summed E-state index contributed by atoms with van der Waals surface area (Å²) in [6.07, 6.45) is -22.6. The molecule has 0 amide bonds. The molecule has 0 spiro atoms. The zero-order valence-corrected chi connectivity index (χ0v) is 55.2. The summed E-state index contributed by atoms with van der Waals surface area (Å²) in [4.78, 5) is 0. The number of aliphatic hydroxyl groups excluding tert-OH is 16. The van der Waals surface area contributed by atoms with Gasteiger partial charge in [0.05, 0.1) is 215 Å². The van der Waals surface area contributed by atoms with Crippen molar-refractivity contribution in [3.63, 3.8) is 0 Å². The molecule has 8 rings (SSSR count). The van der Waals surface area contributed by atoms with Crippen LogP contribution in [0.3, 0.4) is 0 Å². The first-order valence-electron chi connectivity index (χ1n) is 32.7. The Labute approximate surface area is 576 Å². The normalized spacial score (nSPS) is 30.4. The second-order valence-corrected chi connectivity index (χ2v) is 24.1. The van der Waals surface area contributed by atoms with Gasteiger partial charge in [0, 0.05) is 0 Å². The predicted molar refractivity (Wildman–Crippen MR) is 323 cm³/mol. The Morgan fingerprint density at radius 2 is 0.495 bits per heavy atom. The van der Waals surface area contributed by atoms with E-state index in [1.54, 1.807) is 24.8 Å². The van der Waals surface area contributed by atoms with Gasteiger partial charge in [0.15, 0.2) is 25.2 Å². The van der Waals surface area contributed by atoms with Crippen LogP contribution in [-0.4, -0.2) is 397 Å². The van der Waals surface area contributed by atoms with E-state index in [0.29, 0.717) is 22.8 Å². The largest absolute Gasteiger partial charge is 0.394 e. The van der Waals surface area contributed by atoms with E-state index < -0.39 is 155 Å². The van der Waals surface area contributed by atoms with Crippen LogP contribution >= 0.6 is 0 Å². The van der Waals surface area contributed by atoms with Crippen molar-refractivity contribution < 1.29 is 157 Å². The predicted octanol–water partition coefficient (Wildman–Crippen LogP) is -11.5. The minimum Gasteiger partial charge on any atom is -0.394 e. The Kier molecular flexibility index (Phi) is 34.4. The van der Waals surface area contributed by atoms with E-state index in [2.05, 4.69) is 41.2 Å². The molecule has 0 aliphatic carbocycles. The summed E-state index contributed by atoms with van der Waals surface area (Å²) < 4.78 is 98.3. The topological polar surface area (TPSA) is 594 Å². The molecule has 4 aliphatic heterocycles. The number of hydrogen-bond donors (Lipinski definition) is 16. The van der Waals surface area contributed by atoms with E-state index in [9.17, 15) is 81.7 Å². The molecule has 16 N–H and O–H groups in total. The van der Waals surface area contributed by atoms with Gasteiger partial charge in [0.2, 0.25) is 0 Å². The molecular formula is C57H96N12O32. The first-order chi connectivity index (χ1) is 48.8. The van der Waals surface area contributed by atoms with Crippen LogP contribution in [0.1, 0.15) is 22.8 Å². The van der Waals surface area contributed by atoms with Crippen molar-refractivity contribution >= 4 is 0 Å². The van der Waals surface area contributed by atoms with Crippen molar-refractivity contribution in [3.05, 3.63) is 47.6 Å². The van der Waals surface area contributed by atoms with E-state index in [1.807, 2.05) is 0 Å². The van der Waals surface area contributed by atoms with E-state index in [-0.39, 0.29) is 158 Å². The number of aliphatic hydroxyl groups is 16. The molecule has 4 aliphatic rings. The molecule has 4 fully saturated rings. The highest BCUT2D eigenvalue weighted by Crippen LogP contribution is 2.28. The Hall–Kier alpha value is -4.72. The van der Waals surface area contributed by atoms with E-state index >= 15 is 0 Å². The van der Waals surface area contributed by atoms with Gasteiger partial charge in [-0.15, -0.1) is 20.4 Å². The fourth-order valence-corrected chi connectivity index (χ4v) is 10.5. The van der Waals surface area contributed by atoms with Crippen molar-refractivity contribution in [3.8, 4) is 0 Å². The Morgan fingerprint density at radius 3 is 0.703 bits per heavy atom. The van der Waals surface area contributed by atoms with Crippen LogP contribution in [0.5, 0.6) is 0 Å². The van der Waals surface area contributed by atoms with Crippen LogP contribution in [0, 0.1) is 5.41 Å². The summed E-state index contributed by atoms with van der Waals surface area (Å²) >= 11 is 0. The number of ether oxygens (including phenoxy) is 16. The molecule has 4 aromatic heterocycles. The van der Waals surface area contributed by atoms with Crippen molar-refractivity contribution in [2.24, 2.45) is 5.41 Å². The van der Waals surface area contributed by atoms with Gasteiger partial charge in [0.1, 0.15) is 120 Å². The molecule has 4 saturated heterocycles. The smallest absolute Gasteiger partial charge is 0.187 e. The molecule has 4 aromatic rings. The Bertz CT molecular complexity index is 2510. The maximum atomic E-state index is 10.3. The lowest BCUT2D eigenvalue weighted by Gasteiger charge is -2.39. The Balaban J connectivity index is 0.821. The summed E-state index contributed by atoms with van der Waals surface area (Å²) in [6.45, 7) is -0.122. The Morgan fingerprint density at radius 1 is 0.287 bits per heavy atom. The molecule has 44 nitrogen and oxygen atoms in total. The number of aromatic nitrogens is 12. The van der Waals surface area contributed by atoms with Crippen LogP contribution in [0.25, 0.3) is 0 Å². The number of hydrogen-bond acceptors (Lipinski definition) is 40. The summed E-state index contributed by atoms with van der Waals surface area (Å²) in [5.74, 6) is 0. The molecule has 20 atom stereocenters. The fourth-order valence-electron chi connectivity index (χ4n) is 10.5. The summed E-state index contributed by atoms with van der Waals surface area (Å²) in [6, 6.07) is 0. The minimum absolute atomic E-state index is 0.0397. The van der Waals surface area contributed by atoms with Gasteiger partial charge in [-0.3, -0.25) is 0 Å². The molecule has 0 unspecified atom stereocenters. The lowest BCUT2D eigenvalue weighted by Crippen LogP contribution is -2.59. The molecule has 0 saturated carbocycles. The maximum Gasteiger partial charge on any atom is 0.187 e. The molecule has 0 aromatic carbocycles. The zero-order chi connectivity index (χ0) is 72.3. The molecular weight excluding hydrogens is 1360 g/mol. The summed E-state index contributed by atoms with van der Waals surface area (Å²) in [5, 5.41) is 193.